The summed E-state index contributed by atoms with van der Waals surface area (Å²) in [5, 5.41) is 0. The summed E-state index contributed by atoms with van der Waals surface area (Å²) in [5.74, 6) is 0. The van der Waals surface area contributed by atoms with Crippen LogP contribution in [0.5, 0.6) is 0 Å². The molecule has 7 aromatic carbocycles. The molecule has 208 valence electrons. The number of hydrogen-bond donors (Lipinski definition) is 0. The lowest BCUT2D eigenvalue weighted by Gasteiger charge is -2.26. The van der Waals surface area contributed by atoms with Gasteiger partial charge < -0.3 is 4.90 Å². The fourth-order valence-electron chi connectivity index (χ4n) is 6.44. The Bertz CT molecular complexity index is 1970. The fraction of sp³-hybridized carbons (Fsp3) is 0.0233. The molecular weight excluding hydrogens is 530 g/mol. The van der Waals surface area contributed by atoms with Gasteiger partial charge in [0, 0.05) is 17.1 Å². The molecular formula is C43H31N. The molecule has 44 heavy (non-hydrogen) atoms. The molecule has 0 saturated carbocycles. The molecule has 0 aromatic heterocycles. The van der Waals surface area contributed by atoms with E-state index >= 15 is 0 Å². The summed E-state index contributed by atoms with van der Waals surface area (Å²) in [6.07, 6.45) is 1.01. The Morgan fingerprint density at radius 1 is 0.295 bits per heavy atom. The predicted molar refractivity (Wildman–Crippen MR) is 186 cm³/mol. The molecule has 7 aromatic rings. The maximum atomic E-state index is 2.37. The Balaban J connectivity index is 1.20. The summed E-state index contributed by atoms with van der Waals surface area (Å²) in [5.41, 5.74) is 16.2. The molecule has 1 nitrogen and oxygen atoms in total. The first kappa shape index (κ1) is 26.0. The predicted octanol–water partition coefficient (Wildman–Crippen LogP) is 11.7. The highest BCUT2D eigenvalue weighted by atomic mass is 15.1. The molecule has 0 amide bonds. The van der Waals surface area contributed by atoms with E-state index in [2.05, 4.69) is 181 Å². The van der Waals surface area contributed by atoms with Crippen molar-refractivity contribution < 1.29 is 0 Å². The smallest absolute Gasteiger partial charge is 0.0467 e. The molecule has 0 aliphatic heterocycles. The highest BCUT2D eigenvalue weighted by Gasteiger charge is 2.19. The highest BCUT2D eigenvalue weighted by Crippen LogP contribution is 2.41. The maximum Gasteiger partial charge on any atom is 0.0467 e. The maximum absolute atomic E-state index is 2.37. The molecule has 0 radical (unpaired) electrons. The van der Waals surface area contributed by atoms with Crippen molar-refractivity contribution in [2.45, 2.75) is 6.42 Å². The minimum absolute atomic E-state index is 1.01. The molecule has 0 heterocycles. The summed E-state index contributed by atoms with van der Waals surface area (Å²) in [7, 11) is 0. The highest BCUT2D eigenvalue weighted by molar-refractivity contribution is 5.85. The van der Waals surface area contributed by atoms with Crippen molar-refractivity contribution in [3.63, 3.8) is 0 Å². The number of anilines is 3. The Morgan fingerprint density at radius 3 is 1.41 bits per heavy atom. The second-order valence-corrected chi connectivity index (χ2v) is 11.4. The zero-order chi connectivity index (χ0) is 29.3. The molecule has 0 atom stereocenters. The van der Waals surface area contributed by atoms with Crippen LogP contribution in [0.1, 0.15) is 11.1 Å². The van der Waals surface area contributed by atoms with E-state index in [9.17, 15) is 0 Å². The number of nitrogens with zero attached hydrogens (tertiary/aromatic N) is 1. The second-order valence-electron chi connectivity index (χ2n) is 11.4. The van der Waals surface area contributed by atoms with E-state index in [1.54, 1.807) is 0 Å². The summed E-state index contributed by atoms with van der Waals surface area (Å²) in [6.45, 7) is 0. The van der Waals surface area contributed by atoms with Crippen LogP contribution in [0.15, 0.2) is 176 Å². The van der Waals surface area contributed by atoms with Gasteiger partial charge in [-0.05, 0) is 105 Å². The Kier molecular flexibility index (Phi) is 6.62. The normalized spacial score (nSPS) is 11.5. The molecule has 8 rings (SSSR count). The summed E-state index contributed by atoms with van der Waals surface area (Å²) in [4.78, 5) is 2.36. The van der Waals surface area contributed by atoms with Gasteiger partial charge in [-0.1, -0.05) is 133 Å². The minimum Gasteiger partial charge on any atom is -0.310 e. The second kappa shape index (κ2) is 11.2. The van der Waals surface area contributed by atoms with E-state index in [1.165, 1.54) is 55.6 Å². The zero-order valence-electron chi connectivity index (χ0n) is 24.4. The van der Waals surface area contributed by atoms with Gasteiger partial charge in [0.25, 0.3) is 0 Å². The first-order valence-electron chi connectivity index (χ1n) is 15.2. The van der Waals surface area contributed by atoms with E-state index in [0.29, 0.717) is 0 Å². The van der Waals surface area contributed by atoms with E-state index < -0.39 is 0 Å². The fourth-order valence-corrected chi connectivity index (χ4v) is 6.44. The van der Waals surface area contributed by atoms with Gasteiger partial charge in [-0.3, -0.25) is 0 Å². The van der Waals surface area contributed by atoms with Crippen LogP contribution in [0.2, 0.25) is 0 Å². The first-order chi connectivity index (χ1) is 21.8. The first-order valence-corrected chi connectivity index (χ1v) is 15.2. The third-order valence-corrected chi connectivity index (χ3v) is 8.70. The van der Waals surface area contributed by atoms with Gasteiger partial charge in [-0.2, -0.15) is 0 Å². The number of fused-ring (bicyclic) bond motifs is 3. The molecule has 1 aliphatic rings. The zero-order valence-corrected chi connectivity index (χ0v) is 24.4. The van der Waals surface area contributed by atoms with Crippen molar-refractivity contribution in [1.82, 2.24) is 0 Å². The van der Waals surface area contributed by atoms with Crippen molar-refractivity contribution in [2.75, 3.05) is 4.90 Å². The third-order valence-electron chi connectivity index (χ3n) is 8.70. The Morgan fingerprint density at radius 2 is 0.773 bits per heavy atom. The summed E-state index contributed by atoms with van der Waals surface area (Å²) in [6, 6.07) is 63.6. The van der Waals surface area contributed by atoms with Crippen LogP contribution in [0.3, 0.4) is 0 Å². The van der Waals surface area contributed by atoms with Crippen LogP contribution < -0.4 is 4.90 Å². The van der Waals surface area contributed by atoms with Gasteiger partial charge in [-0.25, -0.2) is 0 Å². The average molecular weight is 562 g/mol. The monoisotopic (exact) mass is 561 g/mol. The molecule has 0 unspecified atom stereocenters. The Hall–Kier alpha value is -5.66. The quantitative estimate of drug-likeness (QED) is 0.195. The molecule has 0 N–H and O–H groups in total. The van der Waals surface area contributed by atoms with Crippen LogP contribution in [-0.2, 0) is 6.42 Å². The molecule has 0 fully saturated rings. The van der Waals surface area contributed by atoms with Crippen molar-refractivity contribution >= 4 is 17.1 Å². The van der Waals surface area contributed by atoms with Gasteiger partial charge >= 0.3 is 0 Å². The Labute approximate surface area is 259 Å². The van der Waals surface area contributed by atoms with Crippen LogP contribution in [0.25, 0.3) is 44.5 Å². The van der Waals surface area contributed by atoms with Crippen LogP contribution in [0.4, 0.5) is 17.1 Å². The van der Waals surface area contributed by atoms with Crippen LogP contribution in [-0.4, -0.2) is 0 Å². The lowest BCUT2D eigenvalue weighted by molar-refractivity contribution is 1.26. The molecule has 0 saturated heterocycles. The van der Waals surface area contributed by atoms with Gasteiger partial charge in [0.15, 0.2) is 0 Å². The standard InChI is InChI=1S/C43H31N/c1-3-10-31(11-4-1)33-20-24-39(25-21-33)44(40-26-22-34(23-27-40)32-12-5-2-6-13-32)41-16-9-15-35(29-41)36-18-19-38-28-37-14-7-8-17-42(37)43(38)30-36/h1-27,29-30H,28H2. The topological polar surface area (TPSA) is 3.24 Å². The van der Waals surface area contributed by atoms with E-state index in [0.717, 1.165) is 23.5 Å². The lowest BCUT2D eigenvalue weighted by Crippen LogP contribution is -2.10. The number of benzene rings is 7. The van der Waals surface area contributed by atoms with Crippen molar-refractivity contribution in [2.24, 2.45) is 0 Å². The van der Waals surface area contributed by atoms with E-state index in [4.69, 9.17) is 0 Å². The average Bonchev–Trinajstić information content (AvgIpc) is 3.48. The molecule has 1 heteroatoms. The SMILES string of the molecule is c1ccc(-c2ccc(N(c3ccc(-c4ccccc4)cc3)c3cccc(-c4ccc5c(c4)-c4ccccc4C5)c3)cc2)cc1. The molecule has 0 spiro atoms. The van der Waals surface area contributed by atoms with E-state index in [-0.39, 0.29) is 0 Å². The molecule has 0 bridgehead atoms. The van der Waals surface area contributed by atoms with Crippen molar-refractivity contribution in [3.05, 3.63) is 187 Å². The van der Waals surface area contributed by atoms with Crippen molar-refractivity contribution in [1.29, 1.82) is 0 Å². The lowest BCUT2D eigenvalue weighted by atomic mass is 9.98. The van der Waals surface area contributed by atoms with Gasteiger partial charge in [-0.15, -0.1) is 0 Å². The molecule has 1 aliphatic carbocycles. The van der Waals surface area contributed by atoms with E-state index in [1.807, 2.05) is 0 Å². The summed E-state index contributed by atoms with van der Waals surface area (Å²) >= 11 is 0. The largest absolute Gasteiger partial charge is 0.310 e. The van der Waals surface area contributed by atoms with Gasteiger partial charge in [0.2, 0.25) is 0 Å². The number of rotatable bonds is 6. The van der Waals surface area contributed by atoms with Crippen LogP contribution >= 0.6 is 0 Å². The van der Waals surface area contributed by atoms with Crippen molar-refractivity contribution in [3.8, 4) is 44.5 Å². The van der Waals surface area contributed by atoms with Gasteiger partial charge in [0.1, 0.15) is 0 Å². The van der Waals surface area contributed by atoms with Gasteiger partial charge in [0.05, 0.1) is 0 Å². The minimum atomic E-state index is 1.01. The summed E-state index contributed by atoms with van der Waals surface area (Å²) < 4.78 is 0. The third kappa shape index (κ3) is 4.89. The number of hydrogen-bond acceptors (Lipinski definition) is 1. The van der Waals surface area contributed by atoms with Crippen LogP contribution in [0, 0.1) is 0 Å².